The molecule has 26 heavy (non-hydrogen) atoms. The molecule has 0 aromatic carbocycles. The Balaban J connectivity index is 1.54. The molecule has 2 heterocycles. The first-order valence-corrected chi connectivity index (χ1v) is 8.65. The van der Waals surface area contributed by atoms with Crippen molar-refractivity contribution in [1.82, 2.24) is 15.7 Å². The fraction of sp³-hybridized carbons (Fsp3) is 0.389. The minimum atomic E-state index is -0.945. The van der Waals surface area contributed by atoms with Crippen LogP contribution in [0, 0.1) is 0 Å². The molecular formula is C18H22N4O4. The summed E-state index contributed by atoms with van der Waals surface area (Å²) in [5, 5.41) is 23.0. The predicted molar refractivity (Wildman–Crippen MR) is 95.0 cm³/mol. The van der Waals surface area contributed by atoms with Gasteiger partial charge in [0, 0.05) is 24.9 Å². The van der Waals surface area contributed by atoms with Crippen LogP contribution in [0.4, 0.5) is 5.82 Å². The highest BCUT2D eigenvalue weighted by Crippen LogP contribution is 2.24. The number of rotatable bonds is 6. The number of aromatic hydroxyl groups is 1. The number of allylic oxidation sites excluding steroid dienone is 1. The summed E-state index contributed by atoms with van der Waals surface area (Å²) in [6, 6.07) is 3.25. The summed E-state index contributed by atoms with van der Waals surface area (Å²) in [7, 11) is 0. The molecule has 8 nitrogen and oxygen atoms in total. The summed E-state index contributed by atoms with van der Waals surface area (Å²) in [4.78, 5) is 27.6. The van der Waals surface area contributed by atoms with Crippen molar-refractivity contribution in [3.05, 3.63) is 41.4 Å². The third-order valence-electron chi connectivity index (χ3n) is 4.46. The molecule has 0 saturated carbocycles. The molecule has 138 valence electrons. The molecule has 4 N–H and O–H groups in total. The van der Waals surface area contributed by atoms with Gasteiger partial charge in [0.25, 0.3) is 0 Å². The van der Waals surface area contributed by atoms with E-state index in [0.717, 1.165) is 18.4 Å². The molecule has 0 fully saturated rings. The molecule has 2 aliphatic rings. The van der Waals surface area contributed by atoms with E-state index in [4.69, 9.17) is 0 Å². The van der Waals surface area contributed by atoms with Crippen molar-refractivity contribution in [1.29, 1.82) is 0 Å². The molecule has 1 aliphatic carbocycles. The van der Waals surface area contributed by atoms with Gasteiger partial charge in [-0.3, -0.25) is 9.80 Å². The van der Waals surface area contributed by atoms with E-state index in [1.807, 2.05) is 6.20 Å². The maximum Gasteiger partial charge on any atom is 0.333 e. The molecule has 0 radical (unpaired) electrons. The summed E-state index contributed by atoms with van der Waals surface area (Å²) in [5.74, 6) is -0.352. The SMILES string of the molecule is O=C(CCC1=CN(c2ccc(O)cn2)NC1)NC1=C(C(=O)O)CCCC1. The van der Waals surface area contributed by atoms with Crippen LogP contribution in [0.2, 0.25) is 0 Å². The van der Waals surface area contributed by atoms with Crippen molar-refractivity contribution in [3.63, 3.8) is 0 Å². The van der Waals surface area contributed by atoms with Gasteiger partial charge >= 0.3 is 5.97 Å². The number of aromatic nitrogens is 1. The number of carboxylic acids is 1. The Morgan fingerprint density at radius 2 is 2.08 bits per heavy atom. The lowest BCUT2D eigenvalue weighted by Gasteiger charge is -2.18. The first-order valence-electron chi connectivity index (χ1n) is 8.65. The van der Waals surface area contributed by atoms with Crippen LogP contribution in [-0.2, 0) is 9.59 Å². The van der Waals surface area contributed by atoms with Crippen molar-refractivity contribution in [3.8, 4) is 5.75 Å². The molecule has 0 spiro atoms. The Kier molecular flexibility index (Phi) is 5.52. The Morgan fingerprint density at radius 3 is 2.81 bits per heavy atom. The van der Waals surface area contributed by atoms with E-state index in [-0.39, 0.29) is 11.7 Å². The number of anilines is 1. The zero-order valence-electron chi connectivity index (χ0n) is 14.4. The number of carbonyl (C=O) groups is 2. The second kappa shape index (κ2) is 8.01. The van der Waals surface area contributed by atoms with Crippen LogP contribution in [0.15, 0.2) is 41.4 Å². The van der Waals surface area contributed by atoms with Crippen molar-refractivity contribution in [2.45, 2.75) is 38.5 Å². The van der Waals surface area contributed by atoms with Crippen molar-refractivity contribution in [2.24, 2.45) is 0 Å². The molecule has 0 saturated heterocycles. The van der Waals surface area contributed by atoms with Gasteiger partial charge in [0.1, 0.15) is 11.6 Å². The number of hydrogen-bond acceptors (Lipinski definition) is 6. The minimum absolute atomic E-state index is 0.103. The second-order valence-corrected chi connectivity index (χ2v) is 6.38. The molecule has 1 aromatic rings. The number of nitrogens with one attached hydrogen (secondary N) is 2. The van der Waals surface area contributed by atoms with Crippen LogP contribution in [0.1, 0.15) is 38.5 Å². The number of hydrazine groups is 1. The number of nitrogens with zero attached hydrogens (tertiary/aromatic N) is 2. The summed E-state index contributed by atoms with van der Waals surface area (Å²) in [6.45, 7) is 0.610. The van der Waals surface area contributed by atoms with Gasteiger partial charge in [-0.05, 0) is 49.8 Å². The second-order valence-electron chi connectivity index (χ2n) is 6.38. The zero-order valence-corrected chi connectivity index (χ0v) is 14.4. The average Bonchev–Trinajstić information content (AvgIpc) is 3.10. The monoisotopic (exact) mass is 358 g/mol. The number of carbonyl (C=O) groups excluding carboxylic acids is 1. The molecular weight excluding hydrogens is 336 g/mol. The van der Waals surface area contributed by atoms with Crippen LogP contribution in [-0.4, -0.2) is 33.6 Å². The maximum absolute atomic E-state index is 12.2. The van der Waals surface area contributed by atoms with E-state index in [1.165, 1.54) is 6.20 Å². The number of carboxylic acid groups (broad SMARTS) is 1. The van der Waals surface area contributed by atoms with Crippen LogP contribution in [0.5, 0.6) is 5.75 Å². The minimum Gasteiger partial charge on any atom is -0.506 e. The number of aliphatic carboxylic acids is 1. The molecule has 8 heteroatoms. The predicted octanol–water partition coefficient (Wildman–Crippen LogP) is 1.80. The number of pyridine rings is 1. The Hall–Kier alpha value is -2.87. The summed E-state index contributed by atoms with van der Waals surface area (Å²) < 4.78 is 0. The van der Waals surface area contributed by atoms with Crippen LogP contribution in [0.25, 0.3) is 0 Å². The largest absolute Gasteiger partial charge is 0.506 e. The molecule has 0 unspecified atom stereocenters. The average molecular weight is 358 g/mol. The van der Waals surface area contributed by atoms with Gasteiger partial charge in [-0.25, -0.2) is 15.2 Å². The number of amides is 1. The zero-order chi connectivity index (χ0) is 18.5. The van der Waals surface area contributed by atoms with Gasteiger partial charge in [0.2, 0.25) is 5.91 Å². The molecule has 0 bridgehead atoms. The van der Waals surface area contributed by atoms with Gasteiger partial charge in [-0.15, -0.1) is 0 Å². The fourth-order valence-corrected chi connectivity index (χ4v) is 3.07. The van der Waals surface area contributed by atoms with Crippen molar-refractivity contribution < 1.29 is 19.8 Å². The first-order chi connectivity index (χ1) is 12.5. The molecule has 1 amide bonds. The standard InChI is InChI=1S/C18H22N4O4/c23-13-6-7-16(19-10-13)22-11-12(9-20-22)5-8-17(24)21-15-4-2-1-3-14(15)18(25)26/h6-7,10-11,20,23H,1-5,8-9H2,(H,21,24)(H,25,26). The van der Waals surface area contributed by atoms with Crippen LogP contribution < -0.4 is 15.8 Å². The highest BCUT2D eigenvalue weighted by Gasteiger charge is 2.20. The highest BCUT2D eigenvalue weighted by molar-refractivity contribution is 5.89. The van der Waals surface area contributed by atoms with E-state index in [0.29, 0.717) is 49.3 Å². The van der Waals surface area contributed by atoms with Gasteiger partial charge in [-0.2, -0.15) is 0 Å². The molecule has 3 rings (SSSR count). The van der Waals surface area contributed by atoms with E-state index in [2.05, 4.69) is 15.7 Å². The third-order valence-corrected chi connectivity index (χ3v) is 4.46. The Morgan fingerprint density at radius 1 is 1.27 bits per heavy atom. The van der Waals surface area contributed by atoms with E-state index in [9.17, 15) is 19.8 Å². The van der Waals surface area contributed by atoms with E-state index in [1.54, 1.807) is 17.1 Å². The smallest absolute Gasteiger partial charge is 0.333 e. The van der Waals surface area contributed by atoms with Gasteiger partial charge < -0.3 is 15.5 Å². The van der Waals surface area contributed by atoms with Gasteiger partial charge in [-0.1, -0.05) is 0 Å². The molecule has 0 atom stereocenters. The summed E-state index contributed by atoms with van der Waals surface area (Å²) in [6.07, 6.45) is 6.98. The first kappa shape index (κ1) is 17.9. The van der Waals surface area contributed by atoms with Crippen LogP contribution in [0.3, 0.4) is 0 Å². The third kappa shape index (κ3) is 4.40. The van der Waals surface area contributed by atoms with Gasteiger partial charge in [0.05, 0.1) is 11.8 Å². The molecule has 1 aromatic heterocycles. The lowest BCUT2D eigenvalue weighted by molar-refractivity contribution is -0.133. The highest BCUT2D eigenvalue weighted by atomic mass is 16.4. The summed E-state index contributed by atoms with van der Waals surface area (Å²) >= 11 is 0. The Bertz CT molecular complexity index is 755. The topological polar surface area (TPSA) is 115 Å². The van der Waals surface area contributed by atoms with E-state index < -0.39 is 5.97 Å². The fourth-order valence-electron chi connectivity index (χ4n) is 3.07. The van der Waals surface area contributed by atoms with Crippen molar-refractivity contribution in [2.75, 3.05) is 11.6 Å². The lowest BCUT2D eigenvalue weighted by Crippen LogP contribution is -2.29. The maximum atomic E-state index is 12.2. The van der Waals surface area contributed by atoms with Crippen LogP contribution >= 0.6 is 0 Å². The molecule has 1 aliphatic heterocycles. The lowest BCUT2D eigenvalue weighted by atomic mass is 9.96. The number of hydrogen-bond donors (Lipinski definition) is 4. The van der Waals surface area contributed by atoms with E-state index >= 15 is 0 Å². The summed E-state index contributed by atoms with van der Waals surface area (Å²) in [5.41, 5.74) is 5.08. The Labute approximate surface area is 151 Å². The van der Waals surface area contributed by atoms with Gasteiger partial charge in [0.15, 0.2) is 0 Å². The normalized spacial score (nSPS) is 17.2. The van der Waals surface area contributed by atoms with Crippen molar-refractivity contribution >= 4 is 17.7 Å². The quantitative estimate of drug-likeness (QED) is 0.613.